The summed E-state index contributed by atoms with van der Waals surface area (Å²) in [5.41, 5.74) is 28.8. The Labute approximate surface area is 397 Å². The van der Waals surface area contributed by atoms with E-state index in [1.165, 1.54) is 130 Å². The molecule has 0 aromatic rings. The molecule has 0 heterocycles. The number of halogens is 1. The van der Waals surface area contributed by atoms with E-state index in [-0.39, 0.29) is 0 Å². The van der Waals surface area contributed by atoms with E-state index in [0.717, 1.165) is 5.33 Å². The van der Waals surface area contributed by atoms with Gasteiger partial charge < -0.3 is 0 Å². The molecule has 0 amide bonds. The molecule has 0 N–H and O–H groups in total. The van der Waals surface area contributed by atoms with Crippen molar-refractivity contribution in [2.75, 3.05) is 5.33 Å². The van der Waals surface area contributed by atoms with Gasteiger partial charge in [-0.15, -0.1) is 91.7 Å². The number of unbranched alkanes of at least 4 members (excludes halogenated alkanes) is 1. The molecule has 0 radical (unpaired) electrons. The van der Waals surface area contributed by atoms with E-state index >= 15 is 0 Å². The Morgan fingerprint density at radius 2 is 0.410 bits per heavy atom. The van der Waals surface area contributed by atoms with Crippen LogP contribution in [0.2, 0.25) is 124 Å². The highest BCUT2D eigenvalue weighted by molar-refractivity contribution is 9.09. The topological polar surface area (TPSA) is 0 Å². The quantitative estimate of drug-likeness (QED) is 0.0317. The molecule has 336 valence electrons. The highest BCUT2D eigenvalue weighted by atomic mass is 79.9. The Morgan fingerprint density at radius 3 is 0.574 bits per heavy atom. The van der Waals surface area contributed by atoms with E-state index in [9.17, 15) is 0 Å². The summed E-state index contributed by atoms with van der Waals surface area (Å²) in [7, 11) is -11.7. The van der Waals surface area contributed by atoms with Crippen molar-refractivity contribution in [1.82, 2.24) is 0 Å². The number of alkyl halides is 1. The molecule has 0 spiro atoms. The van der Waals surface area contributed by atoms with Crippen LogP contribution in [-0.4, -0.2) is 61.8 Å². The van der Waals surface area contributed by atoms with Crippen LogP contribution in [0.25, 0.3) is 0 Å². The fourth-order valence-corrected chi connectivity index (χ4v) is 33.3. The van der Waals surface area contributed by atoms with Crippen LogP contribution >= 0.6 is 15.9 Å². The molecule has 0 fully saturated rings. The van der Waals surface area contributed by atoms with Gasteiger partial charge >= 0.3 is 0 Å². The molecule has 0 aromatic heterocycles. The minimum Gasteiger partial charge on any atom is -0.116 e. The lowest BCUT2D eigenvalue weighted by Gasteiger charge is -2.34. The van der Waals surface area contributed by atoms with Gasteiger partial charge in [0, 0.05) is 5.33 Å². The third-order valence-electron chi connectivity index (χ3n) is 13.3. The number of rotatable bonds is 28. The molecule has 0 bridgehead atoms. The van der Waals surface area contributed by atoms with E-state index in [1.807, 2.05) is 55.4 Å². The molecule has 0 nitrogen and oxygen atoms in total. The maximum atomic E-state index is 3.77. The van der Waals surface area contributed by atoms with Gasteiger partial charge in [0.25, 0.3) is 0 Å². The SMILES string of the molecule is CC#C[Si](C)(C#CC)CCC[Si](C)(CCC[Si](C)(C#CC)C#CC)CCC[Si](C)(CCCCBr)CCC[Si](C)(CCC[Si](C)(C#CC)C#CC)CCC[Si](C)(C#CC)C#CC. The summed E-state index contributed by atoms with van der Waals surface area (Å²) in [6.07, 6.45) is 10.8. The number of hydrogen-bond donors (Lipinski definition) is 0. The van der Waals surface area contributed by atoms with Crippen molar-refractivity contribution < 1.29 is 0 Å². The molecular formula is C53H89BrSi7. The predicted molar refractivity (Wildman–Crippen MR) is 302 cm³/mol. The molecular weight excluding hydrogens is 913 g/mol. The van der Waals surface area contributed by atoms with Gasteiger partial charge in [-0.1, -0.05) is 135 Å². The van der Waals surface area contributed by atoms with Crippen LogP contribution < -0.4 is 0 Å². The lowest BCUT2D eigenvalue weighted by Crippen LogP contribution is -2.36. The van der Waals surface area contributed by atoms with Gasteiger partial charge in [-0.05, 0) is 112 Å². The Kier molecular flexibility index (Phi) is 30.6. The van der Waals surface area contributed by atoms with Crippen molar-refractivity contribution in [3.8, 4) is 91.7 Å². The molecule has 0 saturated carbocycles. The molecule has 8 heteroatoms. The minimum absolute atomic E-state index is 1.13. The maximum absolute atomic E-state index is 3.77. The van der Waals surface area contributed by atoms with Gasteiger partial charge in [-0.3, -0.25) is 0 Å². The zero-order valence-electron chi connectivity index (χ0n) is 42.4. The van der Waals surface area contributed by atoms with Gasteiger partial charge in [0.15, 0.2) is 0 Å². The van der Waals surface area contributed by atoms with Crippen molar-refractivity contribution in [1.29, 1.82) is 0 Å². The molecule has 0 aliphatic heterocycles. The third-order valence-corrected chi connectivity index (χ3v) is 39.8. The predicted octanol–water partition coefficient (Wildman–Crippen LogP) is 15.6. The maximum Gasteiger partial charge on any atom is 0.213 e. The van der Waals surface area contributed by atoms with Gasteiger partial charge in [0.1, 0.15) is 0 Å². The average molecular weight is 1000 g/mol. The van der Waals surface area contributed by atoms with Crippen molar-refractivity contribution in [2.45, 2.75) is 231 Å². The summed E-state index contributed by atoms with van der Waals surface area (Å²) in [4.78, 5) is 0. The van der Waals surface area contributed by atoms with Crippen LogP contribution in [0.4, 0.5) is 0 Å². The first-order valence-electron chi connectivity index (χ1n) is 23.9. The molecule has 0 saturated heterocycles. The van der Waals surface area contributed by atoms with Crippen LogP contribution in [0, 0.1) is 91.7 Å². The highest BCUT2D eigenvalue weighted by Gasteiger charge is 2.35. The van der Waals surface area contributed by atoms with Crippen LogP contribution in [0.1, 0.15) is 107 Å². The molecule has 0 aliphatic rings. The van der Waals surface area contributed by atoms with Crippen molar-refractivity contribution in [2.24, 2.45) is 0 Å². The first-order valence-corrected chi connectivity index (χ1v) is 45.2. The standard InChI is InChI=1S/C53H89BrSi7/c1-16-33-55(9,34-17-2)42-26-48-60(14,49-27-43-56(10,35-18-3)36-19-4)52-30-46-59(13,41-25-24-32-54)47-31-53-61(15,50-28-44-57(11,37-20-5)38-21-6)51-29-45-58(12,39-22-7)40-23-8/h24-32,41-53H2,1-15H3. The van der Waals surface area contributed by atoms with Gasteiger partial charge in [0.05, 0.1) is 24.2 Å². The Balaban J connectivity index is 6.32. The summed E-state index contributed by atoms with van der Waals surface area (Å²) in [6, 6.07) is 18.0. The molecule has 0 atom stereocenters. The monoisotopic (exact) mass is 1000 g/mol. The Morgan fingerprint density at radius 1 is 0.246 bits per heavy atom. The molecule has 61 heavy (non-hydrogen) atoms. The Hall–Kier alpha value is -1.52. The first kappa shape index (κ1) is 59.5. The van der Waals surface area contributed by atoms with Crippen molar-refractivity contribution in [3.63, 3.8) is 0 Å². The second-order valence-electron chi connectivity index (χ2n) is 20.0. The van der Waals surface area contributed by atoms with Crippen LogP contribution in [-0.2, 0) is 0 Å². The van der Waals surface area contributed by atoms with Gasteiger partial charge in [-0.2, -0.15) is 0 Å². The summed E-state index contributed by atoms with van der Waals surface area (Å²) < 4.78 is 0. The summed E-state index contributed by atoms with van der Waals surface area (Å²) in [5.74, 6) is 26.0. The molecule has 0 rings (SSSR count). The van der Waals surface area contributed by atoms with E-state index in [1.54, 1.807) is 0 Å². The first-order chi connectivity index (χ1) is 28.8. The Bertz CT molecular complexity index is 1520. The fourth-order valence-electron chi connectivity index (χ4n) is 9.96. The van der Waals surface area contributed by atoms with Crippen molar-refractivity contribution in [3.05, 3.63) is 0 Å². The second kappa shape index (κ2) is 31.4. The lowest BCUT2D eigenvalue weighted by molar-refractivity contribution is 0.840. The molecule has 0 unspecified atom stereocenters. The van der Waals surface area contributed by atoms with Gasteiger partial charge in [-0.25, -0.2) is 0 Å². The summed E-state index contributed by atoms with van der Waals surface area (Å²) in [5, 5.41) is 1.13. The summed E-state index contributed by atoms with van der Waals surface area (Å²) in [6.45, 7) is 33.9. The third kappa shape index (κ3) is 26.1. The fraction of sp³-hybridized carbons (Fsp3) is 0.698. The summed E-state index contributed by atoms with van der Waals surface area (Å²) >= 11 is 3.77. The molecule has 0 aliphatic carbocycles. The van der Waals surface area contributed by atoms with E-state index in [2.05, 4.69) is 153 Å². The smallest absolute Gasteiger partial charge is 0.116 e. The van der Waals surface area contributed by atoms with Gasteiger partial charge in [0.2, 0.25) is 32.3 Å². The van der Waals surface area contributed by atoms with Crippen LogP contribution in [0.5, 0.6) is 0 Å². The second-order valence-corrected chi connectivity index (χ2v) is 50.8. The lowest BCUT2D eigenvalue weighted by atomic mass is 10.4. The zero-order chi connectivity index (χ0) is 46.4. The van der Waals surface area contributed by atoms with Crippen molar-refractivity contribution >= 4 is 72.4 Å². The zero-order valence-corrected chi connectivity index (χ0v) is 51.0. The van der Waals surface area contributed by atoms with E-state index in [0.29, 0.717) is 0 Å². The minimum atomic E-state index is -1.84. The van der Waals surface area contributed by atoms with Crippen LogP contribution in [0.3, 0.4) is 0 Å². The average Bonchev–Trinajstić information content (AvgIpc) is 3.15. The molecule has 0 aromatic carbocycles. The van der Waals surface area contributed by atoms with E-state index in [4.69, 9.17) is 0 Å². The largest absolute Gasteiger partial charge is 0.213 e. The van der Waals surface area contributed by atoms with Crippen LogP contribution in [0.15, 0.2) is 0 Å². The number of hydrogen-bond acceptors (Lipinski definition) is 0. The van der Waals surface area contributed by atoms with E-state index < -0.39 is 56.5 Å². The highest BCUT2D eigenvalue weighted by Crippen LogP contribution is 2.37. The normalized spacial score (nSPS) is 11.7.